The lowest BCUT2D eigenvalue weighted by Gasteiger charge is -2.36. The molecule has 0 radical (unpaired) electrons. The number of aryl methyl sites for hydroxylation is 1. The van der Waals surface area contributed by atoms with Gasteiger partial charge in [-0.15, -0.1) is 21.5 Å². The van der Waals surface area contributed by atoms with Crippen molar-refractivity contribution in [3.05, 3.63) is 52.2 Å². The molecule has 1 N–H and O–H groups in total. The van der Waals surface area contributed by atoms with Gasteiger partial charge in [0, 0.05) is 23.0 Å². The summed E-state index contributed by atoms with van der Waals surface area (Å²) in [5.41, 5.74) is 1.38. The van der Waals surface area contributed by atoms with Gasteiger partial charge in [-0.1, -0.05) is 24.3 Å². The molecule has 6 nitrogen and oxygen atoms in total. The first-order valence-electron chi connectivity index (χ1n) is 8.99. The summed E-state index contributed by atoms with van der Waals surface area (Å²) in [5.74, 6) is 0.530. The molecule has 0 spiro atoms. The van der Waals surface area contributed by atoms with E-state index in [0.717, 1.165) is 37.8 Å². The number of thiophene rings is 1. The number of amides is 1. The van der Waals surface area contributed by atoms with Crippen LogP contribution in [0, 0.1) is 0 Å². The van der Waals surface area contributed by atoms with Crippen molar-refractivity contribution < 1.29 is 4.79 Å². The molecule has 1 aliphatic rings. The van der Waals surface area contributed by atoms with Crippen LogP contribution in [-0.4, -0.2) is 44.0 Å². The number of H-pyrrole nitrogens is 1. The zero-order valence-electron chi connectivity index (χ0n) is 14.5. The molecule has 0 bridgehead atoms. The molecule has 1 amide bonds. The van der Waals surface area contributed by atoms with Crippen molar-refractivity contribution in [3.8, 4) is 11.4 Å². The lowest BCUT2D eigenvalue weighted by molar-refractivity contribution is 0.0603. The summed E-state index contributed by atoms with van der Waals surface area (Å²) in [4.78, 5) is 16.8. The van der Waals surface area contributed by atoms with Crippen LogP contribution in [0.5, 0.6) is 0 Å². The van der Waals surface area contributed by atoms with Gasteiger partial charge >= 0.3 is 0 Å². The molecule has 1 fully saturated rings. The maximum Gasteiger partial charge on any atom is 0.254 e. The Morgan fingerprint density at radius 3 is 2.96 bits per heavy atom. The third kappa shape index (κ3) is 3.53. The molecule has 2 aromatic heterocycles. The first-order chi connectivity index (χ1) is 12.8. The number of likely N-dealkylation sites (tertiary alicyclic amines) is 1. The Kier molecular flexibility index (Phi) is 5.06. The Morgan fingerprint density at radius 2 is 2.15 bits per heavy atom. The quantitative estimate of drug-likeness (QED) is 0.748. The minimum atomic E-state index is 0.0706. The highest BCUT2D eigenvalue weighted by atomic mass is 32.1. The second-order valence-corrected chi connectivity index (χ2v) is 7.58. The van der Waals surface area contributed by atoms with E-state index in [4.69, 9.17) is 0 Å². The molecule has 1 aromatic carbocycles. The van der Waals surface area contributed by atoms with E-state index in [0.29, 0.717) is 11.4 Å². The molecule has 0 aliphatic carbocycles. The number of hydrogen-bond donors (Lipinski definition) is 1. The van der Waals surface area contributed by atoms with E-state index in [9.17, 15) is 4.79 Å². The third-order valence-electron chi connectivity index (χ3n) is 4.94. The number of aromatic amines is 1. The highest BCUT2D eigenvalue weighted by Crippen LogP contribution is 2.27. The summed E-state index contributed by atoms with van der Waals surface area (Å²) in [6.07, 6.45) is 5.35. The normalized spacial score (nSPS) is 17.4. The molecule has 4 rings (SSSR count). The van der Waals surface area contributed by atoms with Crippen molar-refractivity contribution in [2.24, 2.45) is 0 Å². The van der Waals surface area contributed by atoms with Gasteiger partial charge in [0.15, 0.2) is 0 Å². The Hall–Kier alpha value is -2.54. The molecule has 1 saturated heterocycles. The van der Waals surface area contributed by atoms with E-state index in [1.165, 1.54) is 11.3 Å². The van der Waals surface area contributed by atoms with E-state index < -0.39 is 0 Å². The zero-order valence-corrected chi connectivity index (χ0v) is 15.3. The van der Waals surface area contributed by atoms with Crippen LogP contribution in [0.2, 0.25) is 0 Å². The molecule has 1 unspecified atom stereocenters. The number of piperidine rings is 1. The predicted octanol–water partition coefficient (Wildman–Crippen LogP) is 3.56. The number of hydrogen-bond acceptors (Lipinski definition) is 5. The number of carbonyl (C=O) groups is 1. The van der Waals surface area contributed by atoms with Crippen LogP contribution in [0.1, 0.15) is 40.9 Å². The second kappa shape index (κ2) is 7.78. The fourth-order valence-electron chi connectivity index (χ4n) is 3.63. The van der Waals surface area contributed by atoms with Crippen LogP contribution in [0.4, 0.5) is 0 Å². The molecular weight excluding hydrogens is 346 g/mol. The van der Waals surface area contributed by atoms with Gasteiger partial charge < -0.3 is 4.90 Å². The second-order valence-electron chi connectivity index (χ2n) is 6.55. The minimum absolute atomic E-state index is 0.0706. The molecule has 26 heavy (non-hydrogen) atoms. The van der Waals surface area contributed by atoms with Crippen LogP contribution in [0.15, 0.2) is 41.8 Å². The summed E-state index contributed by atoms with van der Waals surface area (Å²) in [6.45, 7) is 0.814. The Balaban J connectivity index is 1.56. The van der Waals surface area contributed by atoms with Crippen molar-refractivity contribution in [1.82, 2.24) is 25.5 Å². The van der Waals surface area contributed by atoms with Gasteiger partial charge in [-0.3, -0.25) is 4.79 Å². The van der Waals surface area contributed by atoms with Gasteiger partial charge in [0.05, 0.1) is 5.56 Å². The van der Waals surface area contributed by atoms with E-state index in [-0.39, 0.29) is 11.9 Å². The van der Waals surface area contributed by atoms with Gasteiger partial charge in [-0.05, 0) is 54.8 Å². The minimum Gasteiger partial charge on any atom is -0.336 e. The maximum absolute atomic E-state index is 13.3. The highest BCUT2D eigenvalue weighted by molar-refractivity contribution is 7.09. The SMILES string of the molecule is O=C(c1ccccc1-c1nn[nH]n1)N1CCCCC1CCc1cccs1. The lowest BCUT2D eigenvalue weighted by atomic mass is 9.95. The number of aromatic nitrogens is 4. The monoisotopic (exact) mass is 367 g/mol. The lowest BCUT2D eigenvalue weighted by Crippen LogP contribution is -2.44. The van der Waals surface area contributed by atoms with Gasteiger partial charge in [0.25, 0.3) is 5.91 Å². The van der Waals surface area contributed by atoms with Crippen LogP contribution in [0.25, 0.3) is 11.4 Å². The summed E-state index contributed by atoms with van der Waals surface area (Å²) in [5, 5.41) is 16.3. The number of rotatable bonds is 5. The molecule has 3 aromatic rings. The topological polar surface area (TPSA) is 74.8 Å². The Morgan fingerprint density at radius 1 is 1.23 bits per heavy atom. The van der Waals surface area contributed by atoms with Crippen LogP contribution in [0.3, 0.4) is 0 Å². The van der Waals surface area contributed by atoms with Crippen molar-refractivity contribution in [2.75, 3.05) is 6.54 Å². The fourth-order valence-corrected chi connectivity index (χ4v) is 4.35. The molecule has 3 heterocycles. The largest absolute Gasteiger partial charge is 0.336 e. The Bertz CT molecular complexity index is 847. The molecule has 1 aliphatic heterocycles. The molecule has 7 heteroatoms. The first kappa shape index (κ1) is 16.9. The average molecular weight is 367 g/mol. The van der Waals surface area contributed by atoms with Crippen LogP contribution in [-0.2, 0) is 6.42 Å². The Labute approximate surface area is 156 Å². The highest BCUT2D eigenvalue weighted by Gasteiger charge is 2.29. The van der Waals surface area contributed by atoms with Crippen LogP contribution >= 0.6 is 11.3 Å². The fraction of sp³-hybridized carbons (Fsp3) is 0.368. The van der Waals surface area contributed by atoms with Gasteiger partial charge in [-0.2, -0.15) is 5.21 Å². The summed E-state index contributed by atoms with van der Waals surface area (Å²) in [7, 11) is 0. The van der Waals surface area contributed by atoms with Crippen molar-refractivity contribution in [3.63, 3.8) is 0 Å². The van der Waals surface area contributed by atoms with E-state index >= 15 is 0 Å². The van der Waals surface area contributed by atoms with Crippen molar-refractivity contribution >= 4 is 17.2 Å². The number of carbonyl (C=O) groups excluding carboxylic acids is 1. The number of nitrogens with one attached hydrogen (secondary N) is 1. The third-order valence-corrected chi connectivity index (χ3v) is 5.87. The number of tetrazole rings is 1. The van der Waals surface area contributed by atoms with E-state index in [1.54, 1.807) is 11.3 Å². The van der Waals surface area contributed by atoms with E-state index in [1.807, 2.05) is 24.3 Å². The zero-order chi connectivity index (χ0) is 17.8. The van der Waals surface area contributed by atoms with Crippen molar-refractivity contribution in [2.45, 2.75) is 38.1 Å². The average Bonchev–Trinajstić information content (AvgIpc) is 3.40. The smallest absolute Gasteiger partial charge is 0.254 e. The molecule has 134 valence electrons. The van der Waals surface area contributed by atoms with Crippen molar-refractivity contribution in [1.29, 1.82) is 0 Å². The maximum atomic E-state index is 13.3. The molecular formula is C19H21N5OS. The first-order valence-corrected chi connectivity index (χ1v) is 9.87. The predicted molar refractivity (Wildman–Crippen MR) is 101 cm³/mol. The molecule has 1 atom stereocenters. The summed E-state index contributed by atoms with van der Waals surface area (Å²) in [6, 6.07) is 12.1. The number of nitrogens with zero attached hydrogens (tertiary/aromatic N) is 4. The summed E-state index contributed by atoms with van der Waals surface area (Å²) >= 11 is 1.79. The van der Waals surface area contributed by atoms with Gasteiger partial charge in [-0.25, -0.2) is 0 Å². The van der Waals surface area contributed by atoms with Gasteiger partial charge in [0.2, 0.25) is 5.82 Å². The molecule has 0 saturated carbocycles. The number of benzene rings is 1. The van der Waals surface area contributed by atoms with E-state index in [2.05, 4.69) is 43.0 Å². The van der Waals surface area contributed by atoms with Gasteiger partial charge in [0.1, 0.15) is 0 Å². The van der Waals surface area contributed by atoms with Crippen LogP contribution < -0.4 is 0 Å². The summed E-state index contributed by atoms with van der Waals surface area (Å²) < 4.78 is 0. The standard InChI is InChI=1S/C19H21N5OS/c25-19(17-9-2-1-8-16(17)18-20-22-23-21-18)24-12-4-3-6-14(24)10-11-15-7-5-13-26-15/h1-2,5,7-9,13-14H,3-4,6,10-12H2,(H,20,21,22,23).